The van der Waals surface area contributed by atoms with Gasteiger partial charge in [-0.2, -0.15) is 0 Å². The molecule has 0 fully saturated rings. The lowest BCUT2D eigenvalue weighted by atomic mass is 10.1. The third-order valence-electron chi connectivity index (χ3n) is 2.70. The van der Waals surface area contributed by atoms with Crippen LogP contribution in [0, 0.1) is 13.8 Å². The van der Waals surface area contributed by atoms with Gasteiger partial charge in [0.05, 0.1) is 10.5 Å². The Morgan fingerprint density at radius 3 is 2.75 bits per heavy atom. The maximum Gasteiger partial charge on any atom is 0.113 e. The summed E-state index contributed by atoms with van der Waals surface area (Å²) in [6.45, 7) is 4.84. The van der Waals surface area contributed by atoms with Crippen LogP contribution in [0.5, 0.6) is 0 Å². The number of hydrogen-bond donors (Lipinski definition) is 1. The molecule has 5 heteroatoms. The number of nitrogens with two attached hydrogens (primary N) is 1. The maximum absolute atomic E-state index is 5.48. The summed E-state index contributed by atoms with van der Waals surface area (Å²) < 4.78 is 1.85. The molecule has 1 aromatic carbocycles. The number of benzene rings is 1. The molecule has 2 N–H and O–H groups in total. The minimum atomic E-state index is 0.507. The lowest BCUT2D eigenvalue weighted by Crippen LogP contribution is -2.12. The highest BCUT2D eigenvalue weighted by Gasteiger charge is 2.06. The summed E-state index contributed by atoms with van der Waals surface area (Å²) in [6.07, 6.45) is 0.653. The fourth-order valence-electron chi connectivity index (χ4n) is 1.60. The van der Waals surface area contributed by atoms with Crippen LogP contribution in [0.1, 0.15) is 17.5 Å². The van der Waals surface area contributed by atoms with Crippen molar-refractivity contribution in [2.75, 3.05) is 0 Å². The molecule has 0 aliphatic heterocycles. The lowest BCUT2D eigenvalue weighted by Gasteiger charge is -2.03. The molecule has 0 spiro atoms. The van der Waals surface area contributed by atoms with Crippen LogP contribution in [0.2, 0.25) is 0 Å². The average Bonchev–Trinajstić information content (AvgIpc) is 2.58. The van der Waals surface area contributed by atoms with Crippen molar-refractivity contribution in [1.82, 2.24) is 15.0 Å². The molecule has 0 saturated carbocycles. The highest BCUT2D eigenvalue weighted by Crippen LogP contribution is 2.17. The van der Waals surface area contributed by atoms with Crippen LogP contribution < -0.4 is 5.73 Å². The first kappa shape index (κ1) is 11.0. The van der Waals surface area contributed by atoms with E-state index in [4.69, 9.17) is 18.0 Å². The quantitative estimate of drug-likeness (QED) is 0.822. The van der Waals surface area contributed by atoms with Crippen LogP contribution in [-0.4, -0.2) is 20.0 Å². The Balaban J connectivity index is 2.40. The zero-order chi connectivity index (χ0) is 11.7. The number of nitrogens with zero attached hydrogens (tertiary/aromatic N) is 3. The van der Waals surface area contributed by atoms with E-state index in [0.29, 0.717) is 18.0 Å². The van der Waals surface area contributed by atoms with Gasteiger partial charge < -0.3 is 5.73 Å². The second-order valence-electron chi connectivity index (χ2n) is 3.95. The van der Waals surface area contributed by atoms with Crippen molar-refractivity contribution in [3.05, 3.63) is 23.3 Å². The number of thiocarbonyl (C=S) groups is 1. The van der Waals surface area contributed by atoms with E-state index in [0.717, 1.165) is 11.0 Å². The van der Waals surface area contributed by atoms with E-state index in [1.165, 1.54) is 11.1 Å². The standard InChI is InChI=1S/C11H14N4S/c1-7-5-9-10(6-8(7)2)15(14-13-9)4-3-11(12)16/h5-6H,3-4H2,1-2H3,(H2,12,16). The van der Waals surface area contributed by atoms with Crippen LogP contribution in [0.3, 0.4) is 0 Å². The minimum absolute atomic E-state index is 0.507. The monoisotopic (exact) mass is 234 g/mol. The van der Waals surface area contributed by atoms with Crippen molar-refractivity contribution in [1.29, 1.82) is 0 Å². The molecule has 1 aromatic heterocycles. The SMILES string of the molecule is Cc1cc2nnn(CCC(N)=S)c2cc1C. The summed E-state index contributed by atoms with van der Waals surface area (Å²) >= 11 is 4.85. The van der Waals surface area contributed by atoms with Crippen LogP contribution >= 0.6 is 12.2 Å². The molecular weight excluding hydrogens is 220 g/mol. The van der Waals surface area contributed by atoms with E-state index in [1.807, 2.05) is 4.68 Å². The van der Waals surface area contributed by atoms with E-state index in [-0.39, 0.29) is 0 Å². The summed E-state index contributed by atoms with van der Waals surface area (Å²) in [4.78, 5) is 0.507. The predicted molar refractivity (Wildman–Crippen MR) is 68.4 cm³/mol. The third kappa shape index (κ3) is 2.04. The molecule has 84 valence electrons. The fraction of sp³-hybridized carbons (Fsp3) is 0.364. The summed E-state index contributed by atoms with van der Waals surface area (Å²) in [7, 11) is 0. The summed E-state index contributed by atoms with van der Waals surface area (Å²) in [5, 5.41) is 8.23. The second kappa shape index (κ2) is 4.17. The lowest BCUT2D eigenvalue weighted by molar-refractivity contribution is 0.624. The molecule has 2 rings (SSSR count). The Morgan fingerprint density at radius 1 is 1.38 bits per heavy atom. The van der Waals surface area contributed by atoms with Gasteiger partial charge in [-0.3, -0.25) is 0 Å². The molecule has 0 aliphatic rings. The Kier molecular flexibility index (Phi) is 2.87. The fourth-order valence-corrected chi connectivity index (χ4v) is 1.70. The summed E-state index contributed by atoms with van der Waals surface area (Å²) in [5.74, 6) is 0. The van der Waals surface area contributed by atoms with Gasteiger partial charge in [0, 0.05) is 13.0 Å². The molecule has 4 nitrogen and oxygen atoms in total. The first-order valence-electron chi connectivity index (χ1n) is 5.16. The summed E-state index contributed by atoms with van der Waals surface area (Å²) in [6, 6.07) is 4.15. The molecular formula is C11H14N4S. The Bertz CT molecular complexity index is 544. The van der Waals surface area contributed by atoms with Gasteiger partial charge >= 0.3 is 0 Å². The normalized spacial score (nSPS) is 10.9. The average molecular weight is 234 g/mol. The summed E-state index contributed by atoms with van der Waals surface area (Å²) in [5.41, 5.74) is 9.91. The van der Waals surface area contributed by atoms with Crippen LogP contribution in [0.15, 0.2) is 12.1 Å². The zero-order valence-electron chi connectivity index (χ0n) is 9.40. The Labute approximate surface area is 99.4 Å². The molecule has 16 heavy (non-hydrogen) atoms. The minimum Gasteiger partial charge on any atom is -0.393 e. The number of aromatic nitrogens is 3. The number of hydrogen-bond acceptors (Lipinski definition) is 3. The highest BCUT2D eigenvalue weighted by atomic mass is 32.1. The molecule has 0 radical (unpaired) electrons. The largest absolute Gasteiger partial charge is 0.393 e. The van der Waals surface area contributed by atoms with Gasteiger partial charge in [0.2, 0.25) is 0 Å². The van der Waals surface area contributed by atoms with Gasteiger partial charge in [0.15, 0.2) is 0 Å². The van der Waals surface area contributed by atoms with Crippen LogP contribution in [0.4, 0.5) is 0 Å². The van der Waals surface area contributed by atoms with Gasteiger partial charge in [-0.05, 0) is 37.1 Å². The van der Waals surface area contributed by atoms with Gasteiger partial charge in [-0.25, -0.2) is 4.68 Å². The van der Waals surface area contributed by atoms with Crippen molar-refractivity contribution in [2.24, 2.45) is 5.73 Å². The van der Waals surface area contributed by atoms with Gasteiger partial charge in [0.1, 0.15) is 5.52 Å². The highest BCUT2D eigenvalue weighted by molar-refractivity contribution is 7.80. The van der Waals surface area contributed by atoms with Crippen molar-refractivity contribution in [3.8, 4) is 0 Å². The molecule has 0 amide bonds. The first-order chi connectivity index (χ1) is 7.58. The molecule has 0 atom stereocenters. The van der Waals surface area contributed by atoms with Gasteiger partial charge in [-0.1, -0.05) is 17.4 Å². The van der Waals surface area contributed by atoms with Crippen molar-refractivity contribution in [3.63, 3.8) is 0 Å². The predicted octanol–water partition coefficient (Wildman–Crippen LogP) is 1.72. The van der Waals surface area contributed by atoms with E-state index >= 15 is 0 Å². The van der Waals surface area contributed by atoms with E-state index in [9.17, 15) is 0 Å². The van der Waals surface area contributed by atoms with Crippen molar-refractivity contribution in [2.45, 2.75) is 26.8 Å². The molecule has 0 bridgehead atoms. The van der Waals surface area contributed by atoms with E-state index in [2.05, 4.69) is 36.3 Å². The third-order valence-corrected chi connectivity index (χ3v) is 2.90. The number of fused-ring (bicyclic) bond motifs is 1. The van der Waals surface area contributed by atoms with Crippen molar-refractivity contribution >= 4 is 28.2 Å². The number of rotatable bonds is 3. The molecule has 2 aromatic rings. The second-order valence-corrected chi connectivity index (χ2v) is 4.48. The molecule has 0 aliphatic carbocycles. The number of aryl methyl sites for hydroxylation is 3. The molecule has 0 saturated heterocycles. The van der Waals surface area contributed by atoms with Crippen LogP contribution in [-0.2, 0) is 6.54 Å². The van der Waals surface area contributed by atoms with Gasteiger partial charge in [0.25, 0.3) is 0 Å². The first-order valence-corrected chi connectivity index (χ1v) is 5.57. The smallest absolute Gasteiger partial charge is 0.113 e. The van der Waals surface area contributed by atoms with E-state index < -0.39 is 0 Å². The molecule has 0 unspecified atom stereocenters. The Hall–Kier alpha value is -1.49. The Morgan fingerprint density at radius 2 is 2.06 bits per heavy atom. The van der Waals surface area contributed by atoms with Crippen LogP contribution in [0.25, 0.3) is 11.0 Å². The van der Waals surface area contributed by atoms with Gasteiger partial charge in [-0.15, -0.1) is 5.10 Å². The zero-order valence-corrected chi connectivity index (χ0v) is 10.2. The topological polar surface area (TPSA) is 56.7 Å². The molecule has 1 heterocycles. The van der Waals surface area contributed by atoms with Crippen molar-refractivity contribution < 1.29 is 0 Å². The maximum atomic E-state index is 5.48. The van der Waals surface area contributed by atoms with E-state index in [1.54, 1.807) is 0 Å².